The van der Waals surface area contributed by atoms with Gasteiger partial charge in [-0.25, -0.2) is 14.9 Å². The lowest BCUT2D eigenvalue weighted by atomic mass is 10.1. The third-order valence-corrected chi connectivity index (χ3v) is 3.77. The molecule has 0 aliphatic carbocycles. The summed E-state index contributed by atoms with van der Waals surface area (Å²) in [5.41, 5.74) is 11.5. The Balaban J connectivity index is 1.91. The molecule has 4 nitrogen and oxygen atoms in total. The van der Waals surface area contributed by atoms with Gasteiger partial charge < -0.3 is 5.32 Å². The minimum absolute atomic E-state index is 0.281. The molecule has 0 aliphatic rings. The van der Waals surface area contributed by atoms with Crippen molar-refractivity contribution < 1.29 is 4.39 Å². The molecule has 3 rings (SSSR count). The van der Waals surface area contributed by atoms with Crippen LogP contribution in [0.2, 0.25) is 0 Å². The van der Waals surface area contributed by atoms with E-state index in [0.29, 0.717) is 22.6 Å². The Hall–Kier alpha value is -3.08. The van der Waals surface area contributed by atoms with E-state index in [-0.39, 0.29) is 5.82 Å². The Morgan fingerprint density at radius 2 is 1.96 bits per heavy atom. The molecule has 2 aromatic carbocycles. The topological polar surface area (TPSA) is 61.1 Å². The molecule has 3 aromatic rings. The Labute approximate surface area is 139 Å². The highest BCUT2D eigenvalue weighted by molar-refractivity contribution is 5.81. The van der Waals surface area contributed by atoms with Crippen LogP contribution in [0, 0.1) is 25.2 Å². The number of nitrogens with one attached hydrogen (secondary N) is 2. The number of nitrogens with zero attached hydrogens (tertiary/aromatic N) is 2. The van der Waals surface area contributed by atoms with Gasteiger partial charge >= 0.3 is 0 Å². The van der Waals surface area contributed by atoms with Gasteiger partial charge in [-0.05, 0) is 49.7 Å². The molecule has 0 saturated carbocycles. The van der Waals surface area contributed by atoms with Gasteiger partial charge in [-0.3, -0.25) is 0 Å². The van der Waals surface area contributed by atoms with Gasteiger partial charge in [0.15, 0.2) is 0 Å². The zero-order valence-electron chi connectivity index (χ0n) is 13.5. The summed E-state index contributed by atoms with van der Waals surface area (Å²) in [4.78, 5) is 4.54. The highest BCUT2D eigenvalue weighted by Crippen LogP contribution is 2.20. The normalized spacial score (nSPS) is 11.5. The third-order valence-electron chi connectivity index (χ3n) is 3.77. The van der Waals surface area contributed by atoms with E-state index in [4.69, 9.17) is 5.53 Å². The fourth-order valence-corrected chi connectivity index (χ4v) is 2.39. The van der Waals surface area contributed by atoms with Crippen molar-refractivity contribution in [3.63, 3.8) is 0 Å². The average molecular weight is 320 g/mol. The molecule has 24 heavy (non-hydrogen) atoms. The summed E-state index contributed by atoms with van der Waals surface area (Å²) in [5, 5.41) is 7.53. The maximum atomic E-state index is 13.6. The summed E-state index contributed by atoms with van der Waals surface area (Å²) in [7, 11) is 0. The summed E-state index contributed by atoms with van der Waals surface area (Å²) in [6.07, 6.45) is 1.56. The van der Waals surface area contributed by atoms with Crippen LogP contribution in [0.3, 0.4) is 0 Å². The van der Waals surface area contributed by atoms with E-state index in [1.165, 1.54) is 11.6 Å². The molecule has 0 radical (unpaired) electrons. The lowest BCUT2D eigenvalue weighted by Crippen LogP contribution is -1.94. The first-order valence-corrected chi connectivity index (χ1v) is 7.55. The first kappa shape index (κ1) is 15.8. The van der Waals surface area contributed by atoms with Crippen molar-refractivity contribution in [1.82, 2.24) is 4.98 Å². The van der Waals surface area contributed by atoms with Crippen molar-refractivity contribution in [2.75, 3.05) is 5.32 Å². The molecule has 1 aromatic heterocycles. The molecular weight excluding hydrogens is 303 g/mol. The fourth-order valence-electron chi connectivity index (χ4n) is 2.39. The number of fused-ring (bicyclic) bond motifs is 1. The Bertz CT molecular complexity index is 947. The summed E-state index contributed by atoms with van der Waals surface area (Å²) in [6, 6.07) is 14.6. The second-order valence-corrected chi connectivity index (χ2v) is 5.64. The zero-order valence-corrected chi connectivity index (χ0v) is 13.5. The van der Waals surface area contributed by atoms with Crippen LogP contribution in [0.25, 0.3) is 16.6 Å². The van der Waals surface area contributed by atoms with Gasteiger partial charge in [0, 0.05) is 17.3 Å². The van der Waals surface area contributed by atoms with Crippen molar-refractivity contribution in [3.8, 4) is 0 Å². The molecule has 0 atom stereocenters. The molecular formula is C19H17FN4. The number of hydrogen-bond acceptors (Lipinski definition) is 4. The van der Waals surface area contributed by atoms with Crippen LogP contribution in [0.1, 0.15) is 16.8 Å². The third kappa shape index (κ3) is 3.30. The Kier molecular flexibility index (Phi) is 4.33. The SMILES string of the molecule is Cc1ccc2nc(/C(=C/Nc3ccc(C)c(F)c3)N=N)ccc2c1. The largest absolute Gasteiger partial charge is 0.360 e. The van der Waals surface area contributed by atoms with Gasteiger partial charge in [-0.15, -0.1) is 0 Å². The monoisotopic (exact) mass is 320 g/mol. The van der Waals surface area contributed by atoms with Crippen molar-refractivity contribution in [2.24, 2.45) is 5.11 Å². The van der Waals surface area contributed by atoms with Gasteiger partial charge in [0.05, 0.1) is 11.2 Å². The van der Waals surface area contributed by atoms with Gasteiger partial charge in [0.25, 0.3) is 0 Å². The fraction of sp³-hybridized carbons (Fsp3) is 0.105. The number of pyridine rings is 1. The number of rotatable bonds is 4. The second-order valence-electron chi connectivity index (χ2n) is 5.64. The van der Waals surface area contributed by atoms with E-state index in [1.54, 1.807) is 25.3 Å². The molecule has 0 amide bonds. The lowest BCUT2D eigenvalue weighted by molar-refractivity contribution is 0.619. The number of aryl methyl sites for hydroxylation is 2. The Morgan fingerprint density at radius 3 is 2.71 bits per heavy atom. The van der Waals surface area contributed by atoms with Gasteiger partial charge in [-0.2, -0.15) is 5.11 Å². The molecule has 0 spiro atoms. The number of hydrogen-bond donors (Lipinski definition) is 2. The summed E-state index contributed by atoms with van der Waals surface area (Å²) in [5.74, 6) is -0.281. The molecule has 5 heteroatoms. The second kappa shape index (κ2) is 6.58. The predicted octanol–water partition coefficient (Wildman–Crippen LogP) is 5.43. The first-order chi connectivity index (χ1) is 11.6. The number of anilines is 1. The van der Waals surface area contributed by atoms with E-state index in [2.05, 4.69) is 21.5 Å². The van der Waals surface area contributed by atoms with Crippen LogP contribution in [-0.4, -0.2) is 4.98 Å². The standard InChI is InChI=1S/C19H17FN4/c1-12-3-7-17-14(9-12)5-8-18(23-17)19(24-21)11-22-15-6-4-13(2)16(20)10-15/h3-11,21-22H,1-2H3/b19-11-,24-21?. The van der Waals surface area contributed by atoms with Crippen LogP contribution < -0.4 is 5.32 Å². The van der Waals surface area contributed by atoms with Crippen LogP contribution in [-0.2, 0) is 0 Å². The molecule has 120 valence electrons. The molecule has 0 aliphatic heterocycles. The quantitative estimate of drug-likeness (QED) is 0.629. The number of benzene rings is 2. The van der Waals surface area contributed by atoms with Crippen molar-refractivity contribution in [3.05, 3.63) is 77.4 Å². The van der Waals surface area contributed by atoms with Crippen LogP contribution in [0.15, 0.2) is 59.8 Å². The van der Waals surface area contributed by atoms with E-state index in [1.807, 2.05) is 31.2 Å². The van der Waals surface area contributed by atoms with Crippen molar-refractivity contribution >= 4 is 22.3 Å². The van der Waals surface area contributed by atoms with E-state index in [9.17, 15) is 4.39 Å². The zero-order chi connectivity index (χ0) is 17.1. The Morgan fingerprint density at radius 1 is 1.12 bits per heavy atom. The maximum Gasteiger partial charge on any atom is 0.128 e. The van der Waals surface area contributed by atoms with Crippen molar-refractivity contribution in [1.29, 1.82) is 5.53 Å². The van der Waals surface area contributed by atoms with Gasteiger partial charge in [-0.1, -0.05) is 23.8 Å². The summed E-state index contributed by atoms with van der Waals surface area (Å²) < 4.78 is 13.6. The molecule has 0 unspecified atom stereocenters. The van der Waals surface area contributed by atoms with Gasteiger partial charge in [0.2, 0.25) is 0 Å². The highest BCUT2D eigenvalue weighted by atomic mass is 19.1. The number of aromatic nitrogens is 1. The molecule has 2 N–H and O–H groups in total. The molecule has 0 fully saturated rings. The van der Waals surface area contributed by atoms with E-state index >= 15 is 0 Å². The summed E-state index contributed by atoms with van der Waals surface area (Å²) >= 11 is 0. The highest BCUT2D eigenvalue weighted by Gasteiger charge is 2.05. The molecule has 0 saturated heterocycles. The minimum atomic E-state index is -0.281. The van der Waals surface area contributed by atoms with Crippen LogP contribution in [0.5, 0.6) is 0 Å². The average Bonchev–Trinajstić information content (AvgIpc) is 2.58. The maximum absolute atomic E-state index is 13.6. The van der Waals surface area contributed by atoms with Crippen LogP contribution >= 0.6 is 0 Å². The molecule has 1 heterocycles. The van der Waals surface area contributed by atoms with Gasteiger partial charge in [0.1, 0.15) is 11.5 Å². The predicted molar refractivity (Wildman–Crippen MR) is 94.4 cm³/mol. The van der Waals surface area contributed by atoms with Crippen molar-refractivity contribution in [2.45, 2.75) is 13.8 Å². The molecule has 0 bridgehead atoms. The van der Waals surface area contributed by atoms with E-state index in [0.717, 1.165) is 10.9 Å². The lowest BCUT2D eigenvalue weighted by Gasteiger charge is -2.06. The number of halogens is 1. The van der Waals surface area contributed by atoms with E-state index < -0.39 is 0 Å². The minimum Gasteiger partial charge on any atom is -0.360 e. The smallest absolute Gasteiger partial charge is 0.128 e. The van der Waals surface area contributed by atoms with Crippen LogP contribution in [0.4, 0.5) is 10.1 Å². The summed E-state index contributed by atoms with van der Waals surface area (Å²) in [6.45, 7) is 3.74. The first-order valence-electron chi connectivity index (χ1n) is 7.55.